The summed E-state index contributed by atoms with van der Waals surface area (Å²) in [7, 11) is 0. The van der Waals surface area contributed by atoms with Crippen LogP contribution >= 0.6 is 0 Å². The molecule has 1 aromatic carbocycles. The Morgan fingerprint density at radius 2 is 2.11 bits per heavy atom. The average Bonchev–Trinajstić information content (AvgIpc) is 3.26. The summed E-state index contributed by atoms with van der Waals surface area (Å²) < 4.78 is 6.06. The minimum atomic E-state index is -0.348. The van der Waals surface area contributed by atoms with Crippen molar-refractivity contribution in [1.82, 2.24) is 0 Å². The van der Waals surface area contributed by atoms with Gasteiger partial charge in [0.2, 0.25) is 6.08 Å². The topological polar surface area (TPSA) is 38.7 Å². The number of rotatable bonds is 5. The number of nitrogens with zero attached hydrogens (tertiary/aromatic N) is 1. The first-order chi connectivity index (χ1) is 9.16. The number of hydrogen-bond donors (Lipinski definition) is 0. The highest BCUT2D eigenvalue weighted by Crippen LogP contribution is 2.53. The first kappa shape index (κ1) is 12.4. The molecule has 0 radical (unpaired) electrons. The highest BCUT2D eigenvalue weighted by Gasteiger charge is 2.47. The highest BCUT2D eigenvalue weighted by atomic mass is 16.5. The fourth-order valence-corrected chi connectivity index (χ4v) is 2.48. The zero-order valence-corrected chi connectivity index (χ0v) is 11.5. The first-order valence-corrected chi connectivity index (χ1v) is 6.99. The normalized spacial score (nSPS) is 19.7. The van der Waals surface area contributed by atoms with Crippen molar-refractivity contribution in [3.63, 3.8) is 0 Å². The second-order valence-corrected chi connectivity index (χ2v) is 5.87. The molecule has 2 saturated carbocycles. The van der Waals surface area contributed by atoms with E-state index in [1.165, 1.54) is 24.0 Å². The molecule has 0 heterocycles. The standard InChI is InChI=1S/C16H19NO2/c1-11-3-6-14(16(7-8-16)17-10-18)15(12(11)2)19-9-13-4-5-13/h3,6,13H,4-5,7-9H2,1-2H3. The molecule has 3 rings (SSSR count). The Hall–Kier alpha value is -1.60. The van der Waals surface area contributed by atoms with Gasteiger partial charge >= 0.3 is 0 Å². The largest absolute Gasteiger partial charge is 0.493 e. The average molecular weight is 257 g/mol. The summed E-state index contributed by atoms with van der Waals surface area (Å²) in [5.41, 5.74) is 3.12. The van der Waals surface area contributed by atoms with Crippen molar-refractivity contribution in [3.05, 3.63) is 28.8 Å². The summed E-state index contributed by atoms with van der Waals surface area (Å²) in [6.07, 6.45) is 6.12. The molecule has 0 bridgehead atoms. The lowest BCUT2D eigenvalue weighted by molar-refractivity contribution is 0.292. The van der Waals surface area contributed by atoms with Crippen LogP contribution in [0.2, 0.25) is 0 Å². The number of ether oxygens (including phenoxy) is 1. The predicted molar refractivity (Wildman–Crippen MR) is 73.2 cm³/mol. The summed E-state index contributed by atoms with van der Waals surface area (Å²) in [6, 6.07) is 4.16. The lowest BCUT2D eigenvalue weighted by atomic mass is 9.98. The predicted octanol–water partition coefficient (Wildman–Crippen LogP) is 3.42. The van der Waals surface area contributed by atoms with Gasteiger partial charge in [-0.15, -0.1) is 0 Å². The van der Waals surface area contributed by atoms with Gasteiger partial charge in [-0.05, 0) is 56.6 Å². The molecule has 0 aromatic heterocycles. The molecule has 100 valence electrons. The summed E-state index contributed by atoms with van der Waals surface area (Å²) >= 11 is 0. The van der Waals surface area contributed by atoms with Crippen LogP contribution in [0.15, 0.2) is 17.1 Å². The smallest absolute Gasteiger partial charge is 0.235 e. The van der Waals surface area contributed by atoms with Gasteiger partial charge in [0, 0.05) is 5.56 Å². The third-order valence-corrected chi connectivity index (χ3v) is 4.32. The Balaban J connectivity index is 1.97. The zero-order valence-electron chi connectivity index (χ0n) is 11.5. The molecule has 2 aliphatic rings. The maximum atomic E-state index is 10.6. The Kier molecular flexibility index (Phi) is 2.94. The molecular formula is C16H19NO2. The SMILES string of the molecule is Cc1ccc(C2(N=C=O)CC2)c(OCC2CC2)c1C. The fourth-order valence-electron chi connectivity index (χ4n) is 2.48. The lowest BCUT2D eigenvalue weighted by Gasteiger charge is -2.19. The van der Waals surface area contributed by atoms with E-state index in [9.17, 15) is 4.79 Å². The minimum absolute atomic E-state index is 0.348. The van der Waals surface area contributed by atoms with Crippen LogP contribution in [0.1, 0.15) is 42.4 Å². The van der Waals surface area contributed by atoms with Crippen LogP contribution in [-0.2, 0) is 10.3 Å². The number of aryl methyl sites for hydroxylation is 1. The number of benzene rings is 1. The third kappa shape index (κ3) is 2.31. The summed E-state index contributed by atoms with van der Waals surface area (Å²) in [5, 5.41) is 0. The van der Waals surface area contributed by atoms with Crippen molar-refractivity contribution in [2.45, 2.75) is 45.1 Å². The summed E-state index contributed by atoms with van der Waals surface area (Å²) in [5.74, 6) is 1.67. The van der Waals surface area contributed by atoms with Crippen LogP contribution in [0.25, 0.3) is 0 Å². The summed E-state index contributed by atoms with van der Waals surface area (Å²) in [4.78, 5) is 14.7. The maximum Gasteiger partial charge on any atom is 0.235 e. The molecule has 0 N–H and O–H groups in total. The summed E-state index contributed by atoms with van der Waals surface area (Å²) in [6.45, 7) is 4.96. The molecule has 3 heteroatoms. The van der Waals surface area contributed by atoms with E-state index in [0.717, 1.165) is 36.7 Å². The van der Waals surface area contributed by atoms with Gasteiger partial charge in [0.05, 0.1) is 6.61 Å². The maximum absolute atomic E-state index is 10.6. The molecule has 19 heavy (non-hydrogen) atoms. The molecule has 3 nitrogen and oxygen atoms in total. The molecule has 0 unspecified atom stereocenters. The third-order valence-electron chi connectivity index (χ3n) is 4.32. The Bertz CT molecular complexity index is 550. The molecule has 0 saturated heterocycles. The van der Waals surface area contributed by atoms with Crippen LogP contribution in [0, 0.1) is 19.8 Å². The molecule has 0 spiro atoms. The monoisotopic (exact) mass is 257 g/mol. The zero-order chi connectivity index (χ0) is 13.5. The lowest BCUT2D eigenvalue weighted by Crippen LogP contribution is -2.10. The number of carbonyl (C=O) groups excluding carboxylic acids is 1. The van der Waals surface area contributed by atoms with Gasteiger partial charge in [0.25, 0.3) is 0 Å². The van der Waals surface area contributed by atoms with E-state index in [1.54, 1.807) is 6.08 Å². The van der Waals surface area contributed by atoms with Crippen molar-refractivity contribution in [2.24, 2.45) is 10.9 Å². The molecule has 2 fully saturated rings. The van der Waals surface area contributed by atoms with Gasteiger partial charge in [-0.3, -0.25) is 0 Å². The second-order valence-electron chi connectivity index (χ2n) is 5.87. The highest BCUT2D eigenvalue weighted by molar-refractivity contribution is 5.52. The van der Waals surface area contributed by atoms with Crippen LogP contribution in [-0.4, -0.2) is 12.7 Å². The second kappa shape index (κ2) is 4.50. The van der Waals surface area contributed by atoms with Crippen LogP contribution < -0.4 is 4.74 Å². The van der Waals surface area contributed by atoms with E-state index < -0.39 is 0 Å². The van der Waals surface area contributed by atoms with Gasteiger partial charge in [-0.1, -0.05) is 12.1 Å². The molecule has 0 atom stereocenters. The van der Waals surface area contributed by atoms with Gasteiger partial charge in [0.15, 0.2) is 0 Å². The van der Waals surface area contributed by atoms with E-state index in [4.69, 9.17) is 4.74 Å². The van der Waals surface area contributed by atoms with Crippen molar-refractivity contribution in [1.29, 1.82) is 0 Å². The molecule has 2 aliphatic carbocycles. The number of isocyanates is 1. The van der Waals surface area contributed by atoms with Crippen molar-refractivity contribution in [3.8, 4) is 5.75 Å². The van der Waals surface area contributed by atoms with Gasteiger partial charge in [-0.25, -0.2) is 4.79 Å². The Morgan fingerprint density at radius 1 is 1.37 bits per heavy atom. The van der Waals surface area contributed by atoms with E-state index in [0.29, 0.717) is 0 Å². The molecule has 0 amide bonds. The van der Waals surface area contributed by atoms with Gasteiger partial charge < -0.3 is 4.74 Å². The number of aliphatic imine (C=N–C) groups is 1. The van der Waals surface area contributed by atoms with Crippen LogP contribution in [0.3, 0.4) is 0 Å². The molecular weight excluding hydrogens is 238 g/mol. The fraction of sp³-hybridized carbons (Fsp3) is 0.562. The van der Waals surface area contributed by atoms with Gasteiger partial charge in [0.1, 0.15) is 11.3 Å². The Morgan fingerprint density at radius 3 is 2.68 bits per heavy atom. The van der Waals surface area contributed by atoms with E-state index >= 15 is 0 Å². The van der Waals surface area contributed by atoms with Crippen LogP contribution in [0.5, 0.6) is 5.75 Å². The van der Waals surface area contributed by atoms with Crippen LogP contribution in [0.4, 0.5) is 0 Å². The van der Waals surface area contributed by atoms with E-state index in [2.05, 4.69) is 31.0 Å². The van der Waals surface area contributed by atoms with Crippen molar-refractivity contribution < 1.29 is 9.53 Å². The van der Waals surface area contributed by atoms with Crippen molar-refractivity contribution in [2.75, 3.05) is 6.61 Å². The van der Waals surface area contributed by atoms with E-state index in [-0.39, 0.29) is 5.54 Å². The minimum Gasteiger partial charge on any atom is -0.493 e. The van der Waals surface area contributed by atoms with Gasteiger partial charge in [-0.2, -0.15) is 4.99 Å². The van der Waals surface area contributed by atoms with E-state index in [1.807, 2.05) is 0 Å². The Labute approximate surface area is 113 Å². The quantitative estimate of drug-likeness (QED) is 0.599. The first-order valence-electron chi connectivity index (χ1n) is 6.99. The molecule has 1 aromatic rings. The number of hydrogen-bond acceptors (Lipinski definition) is 3. The van der Waals surface area contributed by atoms with Crippen molar-refractivity contribution >= 4 is 6.08 Å². The molecule has 0 aliphatic heterocycles.